The first-order valence-corrected chi connectivity index (χ1v) is 8.55. The van der Waals surface area contributed by atoms with Gasteiger partial charge in [-0.25, -0.2) is 0 Å². The van der Waals surface area contributed by atoms with E-state index in [9.17, 15) is 18.0 Å². The first kappa shape index (κ1) is 18.4. The number of hydrogen-bond donors (Lipinski definition) is 1. The molecule has 3 rings (SSSR count). The van der Waals surface area contributed by atoms with E-state index in [2.05, 4.69) is 15.2 Å². The summed E-state index contributed by atoms with van der Waals surface area (Å²) in [6.45, 7) is 2.64. The molecule has 1 aliphatic heterocycles. The fourth-order valence-electron chi connectivity index (χ4n) is 3.08. The van der Waals surface area contributed by atoms with Gasteiger partial charge in [0, 0.05) is 12.7 Å². The number of nitrogens with one attached hydrogen (secondary N) is 1. The van der Waals surface area contributed by atoms with Crippen molar-refractivity contribution in [1.29, 1.82) is 0 Å². The predicted octanol–water partition coefficient (Wildman–Crippen LogP) is 3.67. The fourth-order valence-corrected chi connectivity index (χ4v) is 3.08. The van der Waals surface area contributed by atoms with Crippen LogP contribution in [0.2, 0.25) is 0 Å². The van der Waals surface area contributed by atoms with E-state index in [0.29, 0.717) is 6.54 Å². The van der Waals surface area contributed by atoms with Crippen molar-refractivity contribution < 1.29 is 18.0 Å². The maximum Gasteiger partial charge on any atom is 0.433 e. The van der Waals surface area contributed by atoms with Gasteiger partial charge in [0.1, 0.15) is 5.69 Å². The lowest BCUT2D eigenvalue weighted by Gasteiger charge is -2.25. The van der Waals surface area contributed by atoms with Crippen LogP contribution in [0.25, 0.3) is 0 Å². The van der Waals surface area contributed by atoms with Crippen molar-refractivity contribution in [3.63, 3.8) is 0 Å². The summed E-state index contributed by atoms with van der Waals surface area (Å²) >= 11 is 0. The number of halogens is 3. The van der Waals surface area contributed by atoms with Crippen LogP contribution >= 0.6 is 0 Å². The Kier molecular flexibility index (Phi) is 5.56. The van der Waals surface area contributed by atoms with Gasteiger partial charge in [-0.1, -0.05) is 30.3 Å². The number of nitrogens with zero attached hydrogens (tertiary/aromatic N) is 2. The van der Waals surface area contributed by atoms with Gasteiger partial charge in [-0.05, 0) is 43.6 Å². The van der Waals surface area contributed by atoms with Gasteiger partial charge < -0.3 is 10.2 Å². The Balaban J connectivity index is 1.74. The molecule has 0 bridgehead atoms. The Morgan fingerprint density at radius 1 is 1.12 bits per heavy atom. The molecule has 7 heteroatoms. The van der Waals surface area contributed by atoms with Crippen molar-refractivity contribution in [1.82, 2.24) is 15.2 Å². The lowest BCUT2D eigenvalue weighted by atomic mass is 10.1. The molecule has 2 heterocycles. The molecule has 0 aliphatic carbocycles. The van der Waals surface area contributed by atoms with E-state index in [-0.39, 0.29) is 11.6 Å². The average molecular weight is 363 g/mol. The van der Waals surface area contributed by atoms with Crippen LogP contribution in [0.4, 0.5) is 13.2 Å². The van der Waals surface area contributed by atoms with E-state index in [1.54, 1.807) is 0 Å². The monoisotopic (exact) mass is 363 g/mol. The number of pyridine rings is 1. The first-order chi connectivity index (χ1) is 12.4. The number of likely N-dealkylation sites (tertiary alicyclic amines) is 1. The van der Waals surface area contributed by atoms with Gasteiger partial charge in [-0.15, -0.1) is 0 Å². The molecule has 1 N–H and O–H groups in total. The number of carbonyl (C=O) groups is 1. The molecule has 26 heavy (non-hydrogen) atoms. The van der Waals surface area contributed by atoms with Gasteiger partial charge in [0.15, 0.2) is 0 Å². The van der Waals surface area contributed by atoms with Gasteiger partial charge in [-0.3, -0.25) is 9.78 Å². The molecule has 1 saturated heterocycles. The summed E-state index contributed by atoms with van der Waals surface area (Å²) in [7, 11) is 0. The molecule has 138 valence electrons. The smallest absolute Gasteiger partial charge is 0.344 e. The zero-order chi connectivity index (χ0) is 18.6. The normalized spacial score (nSPS) is 16.4. The van der Waals surface area contributed by atoms with Gasteiger partial charge in [-0.2, -0.15) is 13.2 Å². The number of benzene rings is 1. The summed E-state index contributed by atoms with van der Waals surface area (Å²) in [4.78, 5) is 18.2. The largest absolute Gasteiger partial charge is 0.433 e. The number of amides is 1. The second-order valence-corrected chi connectivity index (χ2v) is 6.37. The molecule has 0 radical (unpaired) electrons. The predicted molar refractivity (Wildman–Crippen MR) is 91.6 cm³/mol. The average Bonchev–Trinajstić information content (AvgIpc) is 3.14. The summed E-state index contributed by atoms with van der Waals surface area (Å²) < 4.78 is 37.8. The summed E-state index contributed by atoms with van der Waals surface area (Å²) in [6.07, 6.45) is -1.27. The molecule has 1 unspecified atom stereocenters. The van der Waals surface area contributed by atoms with E-state index >= 15 is 0 Å². The Bertz CT molecular complexity index is 726. The first-order valence-electron chi connectivity index (χ1n) is 8.55. The standard InChI is InChI=1S/C19H20F3N3O/c20-19(21,22)17-9-8-15(12-23-17)18(26)24-16(13-25-10-4-5-11-25)14-6-2-1-3-7-14/h1-3,6-9,12,16H,4-5,10-11,13H2,(H,24,26). The third kappa shape index (κ3) is 4.60. The second kappa shape index (κ2) is 7.86. The number of aromatic nitrogens is 1. The highest BCUT2D eigenvalue weighted by Crippen LogP contribution is 2.27. The van der Waals surface area contributed by atoms with Crippen molar-refractivity contribution in [2.45, 2.75) is 25.1 Å². The highest BCUT2D eigenvalue weighted by molar-refractivity contribution is 5.94. The molecule has 1 aromatic heterocycles. The Hall–Kier alpha value is -2.41. The Morgan fingerprint density at radius 3 is 2.38 bits per heavy atom. The maximum absolute atomic E-state index is 12.6. The van der Waals surface area contributed by atoms with Crippen LogP contribution in [-0.2, 0) is 6.18 Å². The van der Waals surface area contributed by atoms with Gasteiger partial charge in [0.2, 0.25) is 0 Å². The number of alkyl halides is 3. The third-order valence-corrected chi connectivity index (χ3v) is 4.46. The molecular formula is C19H20F3N3O. The van der Waals surface area contributed by atoms with E-state index in [4.69, 9.17) is 0 Å². The van der Waals surface area contributed by atoms with E-state index in [1.165, 1.54) is 0 Å². The molecule has 1 fully saturated rings. The minimum atomic E-state index is -4.52. The van der Waals surface area contributed by atoms with Crippen molar-refractivity contribution in [2.75, 3.05) is 19.6 Å². The Morgan fingerprint density at radius 2 is 1.81 bits per heavy atom. The number of carbonyl (C=O) groups excluding carboxylic acids is 1. The van der Waals surface area contributed by atoms with E-state index in [0.717, 1.165) is 49.8 Å². The van der Waals surface area contributed by atoms with E-state index in [1.807, 2.05) is 30.3 Å². The zero-order valence-electron chi connectivity index (χ0n) is 14.2. The summed E-state index contributed by atoms with van der Waals surface area (Å²) in [6, 6.07) is 11.3. The van der Waals surface area contributed by atoms with Crippen LogP contribution < -0.4 is 5.32 Å². The molecular weight excluding hydrogens is 343 g/mol. The summed E-state index contributed by atoms with van der Waals surface area (Å²) in [5.41, 5.74) is 0.0682. The molecule has 1 amide bonds. The minimum absolute atomic E-state index is 0.111. The van der Waals surface area contributed by atoms with Gasteiger partial charge in [0.05, 0.1) is 11.6 Å². The second-order valence-electron chi connectivity index (χ2n) is 6.37. The Labute approximate surface area is 150 Å². The van der Waals surface area contributed by atoms with Crippen molar-refractivity contribution in [3.8, 4) is 0 Å². The van der Waals surface area contributed by atoms with Crippen LogP contribution in [0, 0.1) is 0 Å². The van der Waals surface area contributed by atoms with Gasteiger partial charge in [0.25, 0.3) is 5.91 Å². The molecule has 1 aromatic carbocycles. The third-order valence-electron chi connectivity index (χ3n) is 4.46. The fraction of sp³-hybridized carbons (Fsp3) is 0.368. The van der Waals surface area contributed by atoms with Crippen molar-refractivity contribution in [3.05, 3.63) is 65.5 Å². The molecule has 4 nitrogen and oxygen atoms in total. The van der Waals surface area contributed by atoms with Gasteiger partial charge >= 0.3 is 6.18 Å². The molecule has 0 spiro atoms. The molecule has 0 saturated carbocycles. The number of rotatable bonds is 5. The highest BCUT2D eigenvalue weighted by atomic mass is 19.4. The van der Waals surface area contributed by atoms with Crippen LogP contribution in [0.3, 0.4) is 0 Å². The molecule has 2 aromatic rings. The lowest BCUT2D eigenvalue weighted by molar-refractivity contribution is -0.141. The summed E-state index contributed by atoms with van der Waals surface area (Å²) in [5.74, 6) is -0.431. The highest BCUT2D eigenvalue weighted by Gasteiger charge is 2.32. The molecule has 1 aliphatic rings. The van der Waals surface area contributed by atoms with E-state index < -0.39 is 17.8 Å². The van der Waals surface area contributed by atoms with Crippen molar-refractivity contribution >= 4 is 5.91 Å². The number of hydrogen-bond acceptors (Lipinski definition) is 3. The molecule has 1 atom stereocenters. The maximum atomic E-state index is 12.6. The van der Waals surface area contributed by atoms with Crippen LogP contribution in [-0.4, -0.2) is 35.4 Å². The minimum Gasteiger partial charge on any atom is -0.344 e. The topological polar surface area (TPSA) is 45.2 Å². The van der Waals surface area contributed by atoms with Crippen molar-refractivity contribution in [2.24, 2.45) is 0 Å². The SMILES string of the molecule is O=C(NC(CN1CCCC1)c1ccccc1)c1ccc(C(F)(F)F)nc1. The van der Waals surface area contributed by atoms with Crippen LogP contribution in [0.5, 0.6) is 0 Å². The van der Waals surface area contributed by atoms with Crippen LogP contribution in [0.15, 0.2) is 48.7 Å². The quantitative estimate of drug-likeness (QED) is 0.882. The lowest BCUT2D eigenvalue weighted by Crippen LogP contribution is -2.37. The summed E-state index contributed by atoms with van der Waals surface area (Å²) in [5, 5.41) is 2.93. The van der Waals surface area contributed by atoms with Crippen LogP contribution in [0.1, 0.15) is 40.5 Å². The zero-order valence-corrected chi connectivity index (χ0v) is 14.2.